The van der Waals surface area contributed by atoms with E-state index in [0.717, 1.165) is 18.4 Å². The number of rotatable bonds is 29. The molecule has 4 heterocycles. The van der Waals surface area contributed by atoms with E-state index in [4.69, 9.17) is 24.7 Å². The van der Waals surface area contributed by atoms with E-state index in [1.54, 1.807) is 36.7 Å². The van der Waals surface area contributed by atoms with Crippen molar-refractivity contribution in [1.82, 2.24) is 45.6 Å². The van der Waals surface area contributed by atoms with E-state index in [1.807, 2.05) is 6.07 Å². The first-order valence-corrected chi connectivity index (χ1v) is 24.2. The molecule has 0 spiro atoms. The predicted octanol–water partition coefficient (Wildman–Crippen LogP) is 1.50. The zero-order chi connectivity index (χ0) is 51.6. The van der Waals surface area contributed by atoms with Gasteiger partial charge in [0.2, 0.25) is 29.5 Å². The topological polar surface area (TPSA) is 300 Å². The normalized spacial score (nSPS) is 15.8. The van der Waals surface area contributed by atoms with Crippen LogP contribution in [0, 0.1) is 0 Å². The van der Waals surface area contributed by atoms with Gasteiger partial charge in [-0.1, -0.05) is 12.1 Å². The number of hydrogen-bond acceptors (Lipinski definition) is 17. The summed E-state index contributed by atoms with van der Waals surface area (Å²) in [5.41, 5.74) is 8.39. The summed E-state index contributed by atoms with van der Waals surface area (Å²) in [7, 11) is 1.23. The minimum Gasteiger partial charge on any atom is -0.468 e. The fourth-order valence-electron chi connectivity index (χ4n) is 7.55. The number of nitrogens with one attached hydrogen (secondary N) is 4. The summed E-state index contributed by atoms with van der Waals surface area (Å²) in [6, 6.07) is 7.01. The zero-order valence-corrected chi connectivity index (χ0v) is 41.6. The van der Waals surface area contributed by atoms with Gasteiger partial charge in [-0.25, -0.2) is 19.3 Å². The van der Waals surface area contributed by atoms with Crippen LogP contribution in [0.4, 0.5) is 10.2 Å². The van der Waals surface area contributed by atoms with Crippen LogP contribution in [0.2, 0.25) is 0 Å². The molecule has 6 N–H and O–H groups in total. The molecule has 2 fully saturated rings. The summed E-state index contributed by atoms with van der Waals surface area (Å²) in [6.45, 7) is 2.09. The highest BCUT2D eigenvalue weighted by molar-refractivity contribution is 9.10. The number of nitrogens with two attached hydrogens (primary N) is 1. The molecular weight excluding hydrogens is 1010 g/mol. The number of likely N-dealkylation sites (tertiary alicyclic amines) is 1. The average molecular weight is 1070 g/mol. The second-order valence-electron chi connectivity index (χ2n) is 16.9. The number of esters is 1. The lowest BCUT2D eigenvalue weighted by Gasteiger charge is -2.24. The first-order valence-electron chi connectivity index (χ1n) is 23.4. The number of pyridine rings is 1. The lowest BCUT2D eigenvalue weighted by Crippen LogP contribution is -2.44. The Morgan fingerprint density at radius 1 is 0.847 bits per heavy atom. The summed E-state index contributed by atoms with van der Waals surface area (Å²) >= 11 is 3.35. The third-order valence-corrected chi connectivity index (χ3v) is 11.9. The third kappa shape index (κ3) is 16.6. The maximum Gasteiger partial charge on any atom is 0.322 e. The summed E-state index contributed by atoms with van der Waals surface area (Å²) in [6.07, 6.45) is 3.81. The summed E-state index contributed by atoms with van der Waals surface area (Å²) < 4.78 is 42.7. The number of ketones is 1. The van der Waals surface area contributed by atoms with Crippen molar-refractivity contribution in [3.63, 3.8) is 0 Å². The van der Waals surface area contributed by atoms with Crippen LogP contribution in [0.25, 0.3) is 22.0 Å². The highest BCUT2D eigenvalue weighted by atomic mass is 79.9. The van der Waals surface area contributed by atoms with Gasteiger partial charge < -0.3 is 55.6 Å². The minimum atomic E-state index is -1.40. The van der Waals surface area contributed by atoms with Crippen molar-refractivity contribution >= 4 is 73.9 Å². The maximum absolute atomic E-state index is 14.9. The molecule has 1 aromatic carbocycles. The smallest absolute Gasteiger partial charge is 0.322 e. The van der Waals surface area contributed by atoms with E-state index in [9.17, 15) is 38.0 Å². The Morgan fingerprint density at radius 2 is 1.50 bits per heavy atom. The van der Waals surface area contributed by atoms with Crippen LogP contribution in [0.15, 0.2) is 47.3 Å². The standard InChI is InChI=1S/C47H59BrFN11O12/c1-28(61)44-34-19-30(5-8-36(34)60(58-44)25-43(65)59-24-32(49)20-37(59)46(66)57-45-33(29-3-4-29)6-9-38(48)56-45)31-21-53-39(54-22-31)23-55-42(64)27-72-18-16-70-14-12-52-41(63)26-71-17-15-69-13-11-51-40(62)10-7-35(50)47(67)68-2/h5-6,8-9,19,21-22,29,32,35,37H,3-4,7,10-18,20,23-27,50H2,1-2H3,(H,51,62)(H,52,63)(H,55,64)(H,56,57,66)/t32-,35+,37+/m1/s1. The molecule has 1 aliphatic heterocycles. The van der Waals surface area contributed by atoms with Gasteiger partial charge >= 0.3 is 5.97 Å². The molecule has 1 saturated carbocycles. The van der Waals surface area contributed by atoms with E-state index in [-0.39, 0.29) is 128 Å². The number of anilines is 1. The van der Waals surface area contributed by atoms with Gasteiger partial charge in [-0.3, -0.25) is 38.2 Å². The third-order valence-electron chi connectivity index (χ3n) is 11.4. The number of ether oxygens (including phenoxy) is 5. The molecule has 3 aromatic heterocycles. The molecule has 72 heavy (non-hydrogen) atoms. The van der Waals surface area contributed by atoms with Gasteiger partial charge in [-0.15, -0.1) is 0 Å². The number of amides is 5. The van der Waals surface area contributed by atoms with E-state index in [2.05, 4.69) is 62.0 Å². The summed E-state index contributed by atoms with van der Waals surface area (Å²) in [4.78, 5) is 102. The highest BCUT2D eigenvalue weighted by Gasteiger charge is 2.41. The van der Waals surface area contributed by atoms with Gasteiger partial charge in [-0.2, -0.15) is 5.10 Å². The molecule has 6 rings (SSSR count). The van der Waals surface area contributed by atoms with Crippen LogP contribution in [-0.4, -0.2) is 169 Å². The molecule has 0 unspecified atom stereocenters. The van der Waals surface area contributed by atoms with Gasteiger partial charge in [-0.05, 0) is 70.4 Å². The molecular formula is C47H59BrFN11O12. The number of carbonyl (C=O) groups is 7. The van der Waals surface area contributed by atoms with Crippen LogP contribution >= 0.6 is 15.9 Å². The molecule has 1 aliphatic carbocycles. The second kappa shape index (κ2) is 27.4. The first kappa shape index (κ1) is 54.9. The Kier molecular flexibility index (Phi) is 20.9. The van der Waals surface area contributed by atoms with Crippen molar-refractivity contribution in [3.05, 3.63) is 64.4 Å². The predicted molar refractivity (Wildman–Crippen MR) is 259 cm³/mol. The zero-order valence-electron chi connectivity index (χ0n) is 40.0. The van der Waals surface area contributed by atoms with Crippen molar-refractivity contribution in [2.45, 2.75) is 76.3 Å². The van der Waals surface area contributed by atoms with Crippen molar-refractivity contribution in [2.75, 3.05) is 84.9 Å². The van der Waals surface area contributed by atoms with Crippen LogP contribution < -0.4 is 27.0 Å². The number of methoxy groups -OCH3 is 1. The number of hydrogen-bond donors (Lipinski definition) is 5. The largest absolute Gasteiger partial charge is 0.468 e. The second-order valence-corrected chi connectivity index (χ2v) is 17.7. The van der Waals surface area contributed by atoms with Crippen LogP contribution in [0.3, 0.4) is 0 Å². The maximum atomic E-state index is 14.9. The number of carbonyl (C=O) groups excluding carboxylic acids is 7. The molecule has 23 nitrogen and oxygen atoms in total. The number of nitrogens with zero attached hydrogens (tertiary/aromatic N) is 6. The van der Waals surface area contributed by atoms with Crippen LogP contribution in [0.1, 0.15) is 66.8 Å². The van der Waals surface area contributed by atoms with E-state index < -0.39 is 41.9 Å². The van der Waals surface area contributed by atoms with Gasteiger partial charge in [0, 0.05) is 56.2 Å². The average Bonchev–Trinajstić information content (AvgIpc) is 4.04. The number of fused-ring (bicyclic) bond motifs is 1. The molecule has 388 valence electrons. The first-order chi connectivity index (χ1) is 34.7. The lowest BCUT2D eigenvalue weighted by atomic mass is 10.0. The fourth-order valence-corrected chi connectivity index (χ4v) is 7.86. The van der Waals surface area contributed by atoms with Gasteiger partial charge in [0.1, 0.15) is 60.0 Å². The Bertz CT molecular complexity index is 2550. The lowest BCUT2D eigenvalue weighted by molar-refractivity contribution is -0.142. The van der Waals surface area contributed by atoms with Gasteiger partial charge in [0.05, 0.1) is 65.4 Å². The molecule has 3 atom stereocenters. The fraction of sp³-hybridized carbons (Fsp3) is 0.511. The Morgan fingerprint density at radius 3 is 2.15 bits per heavy atom. The van der Waals surface area contributed by atoms with Gasteiger partial charge in [0.15, 0.2) is 5.78 Å². The Balaban J connectivity index is 0.846. The molecule has 25 heteroatoms. The highest BCUT2D eigenvalue weighted by Crippen LogP contribution is 2.43. The molecule has 1 saturated heterocycles. The van der Waals surface area contributed by atoms with Gasteiger partial charge in [0.25, 0.3) is 0 Å². The number of alkyl halides is 1. The van der Waals surface area contributed by atoms with Crippen LogP contribution in [0.5, 0.6) is 0 Å². The molecule has 2 aliphatic rings. The summed E-state index contributed by atoms with van der Waals surface area (Å²) in [5, 5.41) is 15.8. The molecule has 4 aromatic rings. The Labute approximate surface area is 422 Å². The Hall–Kier alpha value is -6.38. The number of halogens is 2. The number of benzene rings is 1. The summed E-state index contributed by atoms with van der Waals surface area (Å²) in [5.74, 6) is -1.94. The van der Waals surface area contributed by atoms with Crippen LogP contribution in [-0.2, 0) is 65.5 Å². The molecule has 0 radical (unpaired) electrons. The van der Waals surface area contributed by atoms with E-state index >= 15 is 0 Å². The van der Waals surface area contributed by atoms with E-state index in [1.165, 1.54) is 23.6 Å². The number of Topliss-reactive ketones (excluding diaryl/α,β-unsaturated/α-hetero) is 1. The minimum absolute atomic E-state index is 0.0343. The van der Waals surface area contributed by atoms with Crippen molar-refractivity contribution < 1.29 is 61.6 Å². The quantitative estimate of drug-likeness (QED) is 0.0223. The molecule has 0 bridgehead atoms. The van der Waals surface area contributed by atoms with Crippen molar-refractivity contribution in [2.24, 2.45) is 5.73 Å². The van der Waals surface area contributed by atoms with E-state index in [0.29, 0.717) is 44.2 Å². The van der Waals surface area contributed by atoms with Crippen molar-refractivity contribution in [3.8, 4) is 11.1 Å². The molecule has 5 amide bonds. The number of aromatic nitrogens is 5. The SMILES string of the molecule is COC(=O)[C@@H](N)CCC(=O)NCCOCCOCC(=O)NCCOCCOCC(=O)NCc1ncc(-c2ccc3c(c2)c(C(C)=O)nn3CC(=O)N2C[C@H](F)C[C@H]2C(=O)Nc2nc(Br)ccc2C2CC2)cn1. The van der Waals surface area contributed by atoms with Crippen molar-refractivity contribution in [1.29, 1.82) is 0 Å². The monoisotopic (exact) mass is 1070 g/mol.